The van der Waals surface area contributed by atoms with E-state index in [-0.39, 0.29) is 16.9 Å². The summed E-state index contributed by atoms with van der Waals surface area (Å²) in [6.45, 7) is 0. The standard InChI is InChI=1S/C13H10F2N2O2/c14-7-1-3-9(12(18)5-7)13(19)17-8-2-4-10(15)11(16)6-8/h1-6,18H,16H2,(H,17,19). The highest BCUT2D eigenvalue weighted by atomic mass is 19.1. The molecule has 1 amide bonds. The minimum absolute atomic E-state index is 0.0932. The molecule has 2 aromatic rings. The van der Waals surface area contributed by atoms with Gasteiger partial charge in [0.2, 0.25) is 0 Å². The van der Waals surface area contributed by atoms with Gasteiger partial charge in [-0.25, -0.2) is 8.78 Å². The first-order chi connectivity index (χ1) is 8.97. The van der Waals surface area contributed by atoms with Crippen LogP contribution in [0.4, 0.5) is 20.2 Å². The molecule has 0 aliphatic rings. The van der Waals surface area contributed by atoms with Crippen LogP contribution in [0.3, 0.4) is 0 Å². The van der Waals surface area contributed by atoms with E-state index < -0.39 is 23.3 Å². The lowest BCUT2D eigenvalue weighted by atomic mass is 10.1. The normalized spacial score (nSPS) is 10.2. The van der Waals surface area contributed by atoms with Crippen LogP contribution >= 0.6 is 0 Å². The third-order valence-corrected chi connectivity index (χ3v) is 2.46. The van der Waals surface area contributed by atoms with E-state index in [9.17, 15) is 18.7 Å². The van der Waals surface area contributed by atoms with Gasteiger partial charge in [-0.05, 0) is 30.3 Å². The number of hydrogen-bond acceptors (Lipinski definition) is 3. The molecule has 19 heavy (non-hydrogen) atoms. The Morgan fingerprint density at radius 1 is 1.16 bits per heavy atom. The first-order valence-corrected chi connectivity index (χ1v) is 5.32. The van der Waals surface area contributed by atoms with Crippen LogP contribution < -0.4 is 11.1 Å². The number of nitrogen functional groups attached to an aromatic ring is 1. The van der Waals surface area contributed by atoms with Crippen molar-refractivity contribution < 1.29 is 18.7 Å². The second-order valence-corrected chi connectivity index (χ2v) is 3.85. The van der Waals surface area contributed by atoms with Crippen molar-refractivity contribution in [2.24, 2.45) is 0 Å². The number of phenols is 1. The van der Waals surface area contributed by atoms with E-state index in [4.69, 9.17) is 5.73 Å². The van der Waals surface area contributed by atoms with Crippen LogP contribution in [0.1, 0.15) is 10.4 Å². The predicted octanol–water partition coefficient (Wildman–Crippen LogP) is 2.50. The molecular formula is C13H10F2N2O2. The van der Waals surface area contributed by atoms with Crippen LogP contribution in [0.5, 0.6) is 5.75 Å². The summed E-state index contributed by atoms with van der Waals surface area (Å²) in [5, 5.41) is 11.9. The SMILES string of the molecule is Nc1cc(NC(=O)c2ccc(F)cc2O)ccc1F. The molecule has 0 spiro atoms. The third kappa shape index (κ3) is 2.79. The first kappa shape index (κ1) is 12.8. The summed E-state index contributed by atoms with van der Waals surface area (Å²) in [6, 6.07) is 6.70. The Morgan fingerprint density at radius 2 is 1.89 bits per heavy atom. The summed E-state index contributed by atoms with van der Waals surface area (Å²) < 4.78 is 25.7. The fourth-order valence-corrected chi connectivity index (χ4v) is 1.52. The molecular weight excluding hydrogens is 254 g/mol. The van der Waals surface area contributed by atoms with Gasteiger partial charge in [0.25, 0.3) is 5.91 Å². The summed E-state index contributed by atoms with van der Waals surface area (Å²) in [5.41, 5.74) is 5.43. The van der Waals surface area contributed by atoms with E-state index in [0.717, 1.165) is 24.3 Å². The Balaban J connectivity index is 2.23. The summed E-state index contributed by atoms with van der Waals surface area (Å²) >= 11 is 0. The number of phenolic OH excluding ortho intramolecular Hbond substituents is 1. The Kier molecular flexibility index (Phi) is 3.33. The zero-order valence-corrected chi connectivity index (χ0v) is 9.65. The summed E-state index contributed by atoms with van der Waals surface area (Å²) in [6.07, 6.45) is 0. The zero-order chi connectivity index (χ0) is 14.0. The fraction of sp³-hybridized carbons (Fsp3) is 0. The van der Waals surface area contributed by atoms with Crippen LogP contribution in [0, 0.1) is 11.6 Å². The molecule has 4 nitrogen and oxygen atoms in total. The van der Waals surface area contributed by atoms with Gasteiger partial charge in [0.05, 0.1) is 11.3 Å². The second-order valence-electron chi connectivity index (χ2n) is 3.85. The minimum Gasteiger partial charge on any atom is -0.507 e. The van der Waals surface area contributed by atoms with Gasteiger partial charge in [0.1, 0.15) is 17.4 Å². The van der Waals surface area contributed by atoms with Crippen molar-refractivity contribution in [3.63, 3.8) is 0 Å². The molecule has 6 heteroatoms. The number of halogens is 2. The van der Waals surface area contributed by atoms with E-state index >= 15 is 0 Å². The summed E-state index contributed by atoms with van der Waals surface area (Å²) in [7, 11) is 0. The average molecular weight is 264 g/mol. The smallest absolute Gasteiger partial charge is 0.259 e. The van der Waals surface area contributed by atoms with Crippen molar-refractivity contribution in [3.8, 4) is 5.75 Å². The van der Waals surface area contributed by atoms with Crippen molar-refractivity contribution in [1.29, 1.82) is 0 Å². The number of carbonyl (C=O) groups excluding carboxylic acids is 1. The molecule has 0 radical (unpaired) electrons. The predicted molar refractivity (Wildman–Crippen MR) is 66.8 cm³/mol. The maximum absolute atomic E-state index is 12.9. The number of anilines is 2. The van der Waals surface area contributed by atoms with Crippen molar-refractivity contribution >= 4 is 17.3 Å². The van der Waals surface area contributed by atoms with Gasteiger partial charge in [-0.2, -0.15) is 0 Å². The highest BCUT2D eigenvalue weighted by Gasteiger charge is 2.12. The fourth-order valence-electron chi connectivity index (χ4n) is 1.52. The van der Waals surface area contributed by atoms with E-state index in [1.165, 1.54) is 12.1 Å². The highest BCUT2D eigenvalue weighted by Crippen LogP contribution is 2.21. The molecule has 2 aromatic carbocycles. The van der Waals surface area contributed by atoms with Gasteiger partial charge in [-0.1, -0.05) is 0 Å². The monoisotopic (exact) mass is 264 g/mol. The average Bonchev–Trinajstić information content (AvgIpc) is 2.33. The molecule has 0 aliphatic heterocycles. The minimum atomic E-state index is -0.653. The van der Waals surface area contributed by atoms with Gasteiger partial charge in [-0.3, -0.25) is 4.79 Å². The molecule has 0 saturated carbocycles. The van der Waals surface area contributed by atoms with Gasteiger partial charge in [0, 0.05) is 11.8 Å². The van der Waals surface area contributed by atoms with Crippen LogP contribution in [0.2, 0.25) is 0 Å². The molecule has 4 N–H and O–H groups in total. The van der Waals surface area contributed by atoms with Crippen LogP contribution in [-0.2, 0) is 0 Å². The maximum atomic E-state index is 12.9. The molecule has 0 aromatic heterocycles. The Labute approximate surface area is 107 Å². The molecule has 2 rings (SSSR count). The lowest BCUT2D eigenvalue weighted by molar-refractivity contribution is 0.102. The number of amides is 1. The molecule has 0 heterocycles. The maximum Gasteiger partial charge on any atom is 0.259 e. The number of rotatable bonds is 2. The number of carbonyl (C=O) groups is 1. The zero-order valence-electron chi connectivity index (χ0n) is 9.65. The van der Waals surface area contributed by atoms with Gasteiger partial charge < -0.3 is 16.2 Å². The Bertz CT molecular complexity index is 645. The van der Waals surface area contributed by atoms with Gasteiger partial charge in [0.15, 0.2) is 0 Å². The third-order valence-electron chi connectivity index (χ3n) is 2.46. The van der Waals surface area contributed by atoms with E-state index in [1.54, 1.807) is 0 Å². The van der Waals surface area contributed by atoms with E-state index in [2.05, 4.69) is 5.32 Å². The first-order valence-electron chi connectivity index (χ1n) is 5.32. The quantitative estimate of drug-likeness (QED) is 0.729. The topological polar surface area (TPSA) is 75.3 Å². The largest absolute Gasteiger partial charge is 0.507 e. The van der Waals surface area contributed by atoms with Crippen molar-refractivity contribution in [2.75, 3.05) is 11.1 Å². The van der Waals surface area contributed by atoms with Crippen LogP contribution in [0.25, 0.3) is 0 Å². The molecule has 0 atom stereocenters. The van der Waals surface area contributed by atoms with E-state index in [1.807, 2.05) is 0 Å². The molecule has 98 valence electrons. The highest BCUT2D eigenvalue weighted by molar-refractivity contribution is 6.06. The van der Waals surface area contributed by atoms with Crippen molar-refractivity contribution in [3.05, 3.63) is 53.6 Å². The number of aromatic hydroxyl groups is 1. The number of benzene rings is 2. The molecule has 0 saturated heterocycles. The van der Waals surface area contributed by atoms with E-state index in [0.29, 0.717) is 0 Å². The number of hydrogen-bond donors (Lipinski definition) is 3. The van der Waals surface area contributed by atoms with Crippen molar-refractivity contribution in [2.45, 2.75) is 0 Å². The van der Waals surface area contributed by atoms with Gasteiger partial charge >= 0.3 is 0 Å². The molecule has 0 fully saturated rings. The molecule has 0 bridgehead atoms. The molecule has 0 aliphatic carbocycles. The van der Waals surface area contributed by atoms with Crippen molar-refractivity contribution in [1.82, 2.24) is 0 Å². The second kappa shape index (κ2) is 4.93. The Hall–Kier alpha value is -2.63. The molecule has 0 unspecified atom stereocenters. The summed E-state index contributed by atoms with van der Waals surface area (Å²) in [4.78, 5) is 11.8. The Morgan fingerprint density at radius 3 is 2.53 bits per heavy atom. The number of nitrogens with one attached hydrogen (secondary N) is 1. The summed E-state index contributed by atoms with van der Waals surface area (Å²) in [5.74, 6) is -2.38. The lowest BCUT2D eigenvalue weighted by Gasteiger charge is -2.07. The number of nitrogens with two attached hydrogens (primary N) is 1. The van der Waals surface area contributed by atoms with Crippen LogP contribution in [0.15, 0.2) is 36.4 Å². The lowest BCUT2D eigenvalue weighted by Crippen LogP contribution is -2.12. The van der Waals surface area contributed by atoms with Gasteiger partial charge in [-0.15, -0.1) is 0 Å². The van der Waals surface area contributed by atoms with Crippen LogP contribution in [-0.4, -0.2) is 11.0 Å².